The predicted octanol–water partition coefficient (Wildman–Crippen LogP) is 1.33. The van der Waals surface area contributed by atoms with Gasteiger partial charge in [-0.2, -0.15) is 0 Å². The molecule has 0 aromatic carbocycles. The van der Waals surface area contributed by atoms with Crippen molar-refractivity contribution in [1.29, 1.82) is 0 Å². The van der Waals surface area contributed by atoms with Gasteiger partial charge in [0.25, 0.3) is 0 Å². The Morgan fingerprint density at radius 1 is 1.13 bits per heavy atom. The van der Waals surface area contributed by atoms with E-state index in [9.17, 15) is 19.5 Å². The van der Waals surface area contributed by atoms with E-state index in [0.717, 1.165) is 0 Å². The van der Waals surface area contributed by atoms with Crippen molar-refractivity contribution in [2.45, 2.75) is 60.0 Å². The molecular weight excluding hydrogens is 302 g/mol. The number of carbonyl (C=O) groups is 3. The van der Waals surface area contributed by atoms with Crippen molar-refractivity contribution in [2.24, 2.45) is 10.8 Å². The summed E-state index contributed by atoms with van der Waals surface area (Å²) in [5.74, 6) is -1.92. The summed E-state index contributed by atoms with van der Waals surface area (Å²) in [7, 11) is 0. The molecule has 23 heavy (non-hydrogen) atoms. The van der Waals surface area contributed by atoms with E-state index in [1.54, 1.807) is 13.8 Å². The van der Waals surface area contributed by atoms with Crippen LogP contribution in [-0.4, -0.2) is 47.3 Å². The minimum absolute atomic E-state index is 0.0514. The van der Waals surface area contributed by atoms with E-state index >= 15 is 0 Å². The number of ether oxygens (including phenoxy) is 1. The van der Waals surface area contributed by atoms with Gasteiger partial charge in [0.05, 0.1) is 13.0 Å². The Morgan fingerprint density at radius 2 is 1.70 bits per heavy atom. The summed E-state index contributed by atoms with van der Waals surface area (Å²) in [4.78, 5) is 33.9. The minimum Gasteiger partial charge on any atom is -0.481 e. The number of aliphatic carboxylic acids is 1. The Bertz CT molecular complexity index is 425. The Hall–Kier alpha value is -1.63. The molecule has 0 fully saturated rings. The van der Waals surface area contributed by atoms with Crippen LogP contribution in [0, 0.1) is 10.8 Å². The SMILES string of the molecule is CC(C)(C)CC(=O)OCC(C)(C)C(O)C(=O)NCCCC(=O)O. The lowest BCUT2D eigenvalue weighted by atomic mass is 9.86. The number of rotatable bonds is 9. The first-order chi connectivity index (χ1) is 10.3. The molecule has 0 heterocycles. The van der Waals surface area contributed by atoms with Gasteiger partial charge in [0.2, 0.25) is 5.91 Å². The van der Waals surface area contributed by atoms with Gasteiger partial charge >= 0.3 is 11.9 Å². The van der Waals surface area contributed by atoms with E-state index in [4.69, 9.17) is 9.84 Å². The van der Waals surface area contributed by atoms with Gasteiger partial charge in [-0.3, -0.25) is 14.4 Å². The van der Waals surface area contributed by atoms with Gasteiger partial charge in [0.15, 0.2) is 0 Å². The second-order valence-corrected chi connectivity index (χ2v) is 7.58. The molecule has 0 spiro atoms. The van der Waals surface area contributed by atoms with Crippen molar-refractivity contribution in [1.82, 2.24) is 5.32 Å². The molecule has 0 aliphatic rings. The standard InChI is InChI=1S/C16H29NO6/c1-15(2,3)9-12(20)23-10-16(4,5)13(21)14(22)17-8-6-7-11(18)19/h13,21H,6-10H2,1-5H3,(H,17,22)(H,18,19). The second-order valence-electron chi connectivity index (χ2n) is 7.58. The average molecular weight is 331 g/mol. The monoisotopic (exact) mass is 331 g/mol. The van der Waals surface area contributed by atoms with Crippen LogP contribution in [0.3, 0.4) is 0 Å². The Morgan fingerprint density at radius 3 is 2.17 bits per heavy atom. The first-order valence-electron chi connectivity index (χ1n) is 7.68. The fourth-order valence-corrected chi connectivity index (χ4v) is 1.73. The highest BCUT2D eigenvalue weighted by Gasteiger charge is 2.35. The molecular formula is C16H29NO6. The molecule has 1 unspecified atom stereocenters. The zero-order valence-corrected chi connectivity index (χ0v) is 14.6. The fraction of sp³-hybridized carbons (Fsp3) is 0.812. The molecule has 0 saturated heterocycles. The van der Waals surface area contributed by atoms with Gasteiger partial charge in [-0.05, 0) is 11.8 Å². The molecule has 1 atom stereocenters. The van der Waals surface area contributed by atoms with Crippen molar-refractivity contribution in [3.8, 4) is 0 Å². The largest absolute Gasteiger partial charge is 0.481 e. The number of carboxylic acid groups (broad SMARTS) is 1. The number of nitrogens with one attached hydrogen (secondary N) is 1. The van der Waals surface area contributed by atoms with Crippen molar-refractivity contribution < 1.29 is 29.3 Å². The Balaban J connectivity index is 4.31. The number of carbonyl (C=O) groups excluding carboxylic acids is 2. The summed E-state index contributed by atoms with van der Waals surface area (Å²) in [6.45, 7) is 9.09. The van der Waals surface area contributed by atoms with Crippen molar-refractivity contribution in [3.63, 3.8) is 0 Å². The van der Waals surface area contributed by atoms with Gasteiger partial charge in [0.1, 0.15) is 6.10 Å². The minimum atomic E-state index is -1.35. The maximum absolute atomic E-state index is 11.9. The van der Waals surface area contributed by atoms with Crippen LogP contribution in [0.15, 0.2) is 0 Å². The molecule has 0 aromatic heterocycles. The number of hydrogen-bond donors (Lipinski definition) is 3. The topological polar surface area (TPSA) is 113 Å². The molecule has 0 aromatic rings. The summed E-state index contributed by atoms with van der Waals surface area (Å²) in [5, 5.41) is 21.1. The summed E-state index contributed by atoms with van der Waals surface area (Å²) in [5.41, 5.74) is -1.13. The molecule has 7 nitrogen and oxygen atoms in total. The first-order valence-corrected chi connectivity index (χ1v) is 7.68. The van der Waals surface area contributed by atoms with Crippen LogP contribution >= 0.6 is 0 Å². The van der Waals surface area contributed by atoms with Crippen molar-refractivity contribution in [3.05, 3.63) is 0 Å². The van der Waals surface area contributed by atoms with Gasteiger partial charge < -0.3 is 20.3 Å². The van der Waals surface area contributed by atoms with Crippen LogP contribution in [0.25, 0.3) is 0 Å². The molecule has 3 N–H and O–H groups in total. The average Bonchev–Trinajstić information content (AvgIpc) is 2.38. The predicted molar refractivity (Wildman–Crippen MR) is 84.7 cm³/mol. The number of aliphatic hydroxyl groups is 1. The van der Waals surface area contributed by atoms with E-state index in [-0.39, 0.29) is 43.8 Å². The van der Waals surface area contributed by atoms with E-state index in [1.807, 2.05) is 20.8 Å². The third kappa shape index (κ3) is 9.89. The molecule has 134 valence electrons. The zero-order valence-electron chi connectivity index (χ0n) is 14.6. The molecule has 0 radical (unpaired) electrons. The van der Waals surface area contributed by atoms with Crippen LogP contribution in [0.2, 0.25) is 0 Å². The highest BCUT2D eigenvalue weighted by Crippen LogP contribution is 2.24. The number of amides is 1. The van der Waals surface area contributed by atoms with Crippen LogP contribution in [0.5, 0.6) is 0 Å². The molecule has 0 aliphatic carbocycles. The van der Waals surface area contributed by atoms with Crippen LogP contribution in [0.4, 0.5) is 0 Å². The fourth-order valence-electron chi connectivity index (χ4n) is 1.73. The first kappa shape index (κ1) is 21.4. The number of aliphatic hydroxyl groups excluding tert-OH is 1. The van der Waals surface area contributed by atoms with Crippen LogP contribution < -0.4 is 5.32 Å². The maximum Gasteiger partial charge on any atom is 0.306 e. The Kier molecular flexibility index (Phi) is 8.23. The molecule has 0 aliphatic heterocycles. The van der Waals surface area contributed by atoms with Crippen LogP contribution in [0.1, 0.15) is 53.9 Å². The van der Waals surface area contributed by atoms with Crippen LogP contribution in [-0.2, 0) is 19.1 Å². The van der Waals surface area contributed by atoms with Gasteiger partial charge in [-0.25, -0.2) is 0 Å². The summed E-state index contributed by atoms with van der Waals surface area (Å²) >= 11 is 0. The molecule has 0 rings (SSSR count). The highest BCUT2D eigenvalue weighted by atomic mass is 16.5. The smallest absolute Gasteiger partial charge is 0.306 e. The molecule has 1 amide bonds. The van der Waals surface area contributed by atoms with E-state index in [2.05, 4.69) is 5.32 Å². The number of hydrogen-bond acceptors (Lipinski definition) is 5. The number of carboxylic acids is 1. The van der Waals surface area contributed by atoms with E-state index in [1.165, 1.54) is 0 Å². The third-order valence-electron chi connectivity index (χ3n) is 3.14. The van der Waals surface area contributed by atoms with Gasteiger partial charge in [-0.15, -0.1) is 0 Å². The summed E-state index contributed by atoms with van der Waals surface area (Å²) in [6.07, 6.45) is -0.866. The number of esters is 1. The molecule has 0 bridgehead atoms. The maximum atomic E-state index is 11.9. The van der Waals surface area contributed by atoms with Crippen molar-refractivity contribution in [2.75, 3.05) is 13.2 Å². The molecule has 7 heteroatoms. The zero-order chi connectivity index (χ0) is 18.3. The Labute approximate surface area is 137 Å². The lowest BCUT2D eigenvalue weighted by molar-refractivity contribution is -0.154. The third-order valence-corrected chi connectivity index (χ3v) is 3.14. The van der Waals surface area contributed by atoms with Gasteiger partial charge in [-0.1, -0.05) is 34.6 Å². The van der Waals surface area contributed by atoms with E-state index in [0.29, 0.717) is 0 Å². The van der Waals surface area contributed by atoms with Crippen molar-refractivity contribution >= 4 is 17.8 Å². The second kappa shape index (κ2) is 8.86. The lowest BCUT2D eigenvalue weighted by Crippen LogP contribution is -2.46. The van der Waals surface area contributed by atoms with Gasteiger partial charge in [0, 0.05) is 18.4 Å². The normalized spacial score (nSPS) is 13.3. The lowest BCUT2D eigenvalue weighted by Gasteiger charge is -2.29. The molecule has 0 saturated carbocycles. The summed E-state index contributed by atoms with van der Waals surface area (Å²) < 4.78 is 5.15. The highest BCUT2D eigenvalue weighted by molar-refractivity contribution is 5.81. The van der Waals surface area contributed by atoms with E-state index < -0.39 is 23.4 Å². The quantitative estimate of drug-likeness (QED) is 0.434. The summed E-state index contributed by atoms with van der Waals surface area (Å²) in [6, 6.07) is 0.